The van der Waals surface area contributed by atoms with Gasteiger partial charge in [-0.3, -0.25) is 0 Å². The molecule has 0 saturated carbocycles. The molecule has 0 aromatic heterocycles. The monoisotopic (exact) mass is 238 g/mol. The van der Waals surface area contributed by atoms with E-state index < -0.39 is 0 Å². The lowest BCUT2D eigenvalue weighted by atomic mass is 10.1. The third-order valence-electron chi connectivity index (χ3n) is 2.01. The highest BCUT2D eigenvalue weighted by molar-refractivity contribution is 5.74. The van der Waals surface area contributed by atoms with Gasteiger partial charge in [-0.1, -0.05) is 31.9 Å². The molecule has 0 aliphatic heterocycles. The van der Waals surface area contributed by atoms with E-state index in [1.807, 2.05) is 20.8 Å². The van der Waals surface area contributed by atoms with Crippen LogP contribution in [0.15, 0.2) is 12.2 Å². The maximum Gasteiger partial charge on any atom is 0.315 e. The third kappa shape index (κ3) is 8.35. The SMILES string of the molecule is C#C[C@H](NC(=O)NCCOCC(=C)C)C(C)C. The number of carbonyl (C=O) groups is 1. The Labute approximate surface area is 104 Å². The van der Waals surface area contributed by atoms with Crippen molar-refractivity contribution < 1.29 is 9.53 Å². The molecule has 0 spiro atoms. The molecule has 0 aliphatic carbocycles. The number of carbonyl (C=O) groups excluding carboxylic acids is 1. The molecule has 0 heterocycles. The average Bonchev–Trinajstić information content (AvgIpc) is 2.24. The summed E-state index contributed by atoms with van der Waals surface area (Å²) >= 11 is 0. The van der Waals surface area contributed by atoms with E-state index in [0.29, 0.717) is 19.8 Å². The largest absolute Gasteiger partial charge is 0.375 e. The van der Waals surface area contributed by atoms with Crippen LogP contribution in [0, 0.1) is 18.3 Å². The van der Waals surface area contributed by atoms with Gasteiger partial charge in [-0.25, -0.2) is 4.79 Å². The van der Waals surface area contributed by atoms with E-state index in [4.69, 9.17) is 11.2 Å². The Kier molecular flexibility index (Phi) is 7.91. The molecule has 2 amide bonds. The number of hydrogen-bond donors (Lipinski definition) is 2. The lowest BCUT2D eigenvalue weighted by Crippen LogP contribution is -2.44. The summed E-state index contributed by atoms with van der Waals surface area (Å²) in [5, 5.41) is 5.38. The van der Waals surface area contributed by atoms with Crippen LogP contribution in [0.3, 0.4) is 0 Å². The van der Waals surface area contributed by atoms with Gasteiger partial charge in [0.25, 0.3) is 0 Å². The minimum atomic E-state index is -0.263. The summed E-state index contributed by atoms with van der Waals surface area (Å²) in [4.78, 5) is 11.4. The van der Waals surface area contributed by atoms with Crippen molar-refractivity contribution >= 4 is 6.03 Å². The van der Waals surface area contributed by atoms with Crippen molar-refractivity contribution in [2.45, 2.75) is 26.8 Å². The van der Waals surface area contributed by atoms with Crippen molar-refractivity contribution in [3.8, 4) is 12.3 Å². The minimum absolute atomic E-state index is 0.213. The number of ether oxygens (including phenoxy) is 1. The topological polar surface area (TPSA) is 50.4 Å². The maximum absolute atomic E-state index is 11.4. The van der Waals surface area contributed by atoms with Gasteiger partial charge in [-0.15, -0.1) is 6.42 Å². The molecule has 96 valence electrons. The van der Waals surface area contributed by atoms with Crippen LogP contribution in [0.25, 0.3) is 0 Å². The molecule has 4 heteroatoms. The van der Waals surface area contributed by atoms with Gasteiger partial charge in [0.05, 0.1) is 19.3 Å². The molecule has 0 saturated heterocycles. The first-order valence-corrected chi connectivity index (χ1v) is 5.70. The molecule has 17 heavy (non-hydrogen) atoms. The van der Waals surface area contributed by atoms with Crippen LogP contribution in [-0.4, -0.2) is 31.8 Å². The molecule has 0 aromatic carbocycles. The van der Waals surface area contributed by atoms with Gasteiger partial charge in [0.1, 0.15) is 0 Å². The number of hydrogen-bond acceptors (Lipinski definition) is 2. The summed E-state index contributed by atoms with van der Waals surface area (Å²) in [6.45, 7) is 10.9. The zero-order valence-corrected chi connectivity index (χ0v) is 10.9. The second-order valence-electron chi connectivity index (χ2n) is 4.30. The van der Waals surface area contributed by atoms with Gasteiger partial charge in [-0.2, -0.15) is 0 Å². The minimum Gasteiger partial charge on any atom is -0.375 e. The molecule has 0 bridgehead atoms. The highest BCUT2D eigenvalue weighted by Crippen LogP contribution is 1.98. The van der Waals surface area contributed by atoms with Crippen LogP contribution in [0.5, 0.6) is 0 Å². The number of amides is 2. The maximum atomic E-state index is 11.4. The fourth-order valence-corrected chi connectivity index (χ4v) is 1.08. The van der Waals surface area contributed by atoms with Crippen molar-refractivity contribution in [2.75, 3.05) is 19.8 Å². The first-order chi connectivity index (χ1) is 7.97. The van der Waals surface area contributed by atoms with E-state index in [1.165, 1.54) is 0 Å². The van der Waals surface area contributed by atoms with Gasteiger partial charge < -0.3 is 15.4 Å². The van der Waals surface area contributed by atoms with Crippen molar-refractivity contribution in [1.82, 2.24) is 10.6 Å². The predicted molar refractivity (Wildman–Crippen MR) is 69.6 cm³/mol. The normalized spacial score (nSPS) is 11.7. The van der Waals surface area contributed by atoms with Gasteiger partial charge >= 0.3 is 6.03 Å². The Hall–Kier alpha value is -1.47. The Morgan fingerprint density at radius 2 is 2.18 bits per heavy atom. The summed E-state index contributed by atoms with van der Waals surface area (Å²) in [7, 11) is 0. The van der Waals surface area contributed by atoms with E-state index in [2.05, 4.69) is 23.1 Å². The molecule has 0 radical (unpaired) electrons. The standard InChI is InChI=1S/C13H22N2O2/c1-6-12(11(4)5)15-13(16)14-7-8-17-9-10(2)3/h1,11-12H,2,7-9H2,3-5H3,(H2,14,15,16)/t12-/m0/s1. The Balaban J connectivity index is 3.66. The zero-order valence-electron chi connectivity index (χ0n) is 10.9. The predicted octanol–water partition coefficient (Wildman–Crippen LogP) is 1.54. The Morgan fingerprint density at radius 3 is 2.65 bits per heavy atom. The molecule has 2 N–H and O–H groups in total. The van der Waals surface area contributed by atoms with E-state index >= 15 is 0 Å². The molecule has 0 unspecified atom stereocenters. The molecule has 0 fully saturated rings. The fourth-order valence-electron chi connectivity index (χ4n) is 1.08. The van der Waals surface area contributed by atoms with Crippen LogP contribution in [0.4, 0.5) is 4.79 Å². The fraction of sp³-hybridized carbons (Fsp3) is 0.615. The van der Waals surface area contributed by atoms with E-state index in [0.717, 1.165) is 5.57 Å². The van der Waals surface area contributed by atoms with Crippen LogP contribution >= 0.6 is 0 Å². The van der Waals surface area contributed by atoms with E-state index in [9.17, 15) is 4.79 Å². The number of nitrogens with one attached hydrogen (secondary N) is 2. The highest BCUT2D eigenvalue weighted by atomic mass is 16.5. The summed E-state index contributed by atoms with van der Waals surface area (Å²) in [5.41, 5.74) is 0.960. The summed E-state index contributed by atoms with van der Waals surface area (Å²) in [5.74, 6) is 2.75. The zero-order chi connectivity index (χ0) is 13.3. The van der Waals surface area contributed by atoms with E-state index in [-0.39, 0.29) is 18.0 Å². The van der Waals surface area contributed by atoms with Gasteiger partial charge in [0, 0.05) is 6.54 Å². The summed E-state index contributed by atoms with van der Waals surface area (Å²) in [6, 6.07) is -0.507. The highest BCUT2D eigenvalue weighted by Gasteiger charge is 2.12. The van der Waals surface area contributed by atoms with Gasteiger partial charge in [-0.05, 0) is 12.8 Å². The Bertz CT molecular complexity index is 292. The lowest BCUT2D eigenvalue weighted by molar-refractivity contribution is 0.157. The van der Waals surface area contributed by atoms with Crippen molar-refractivity contribution in [2.24, 2.45) is 5.92 Å². The van der Waals surface area contributed by atoms with Crippen molar-refractivity contribution in [3.63, 3.8) is 0 Å². The van der Waals surface area contributed by atoms with Crippen molar-refractivity contribution in [1.29, 1.82) is 0 Å². The van der Waals surface area contributed by atoms with E-state index in [1.54, 1.807) is 0 Å². The number of terminal acetylenes is 1. The number of urea groups is 1. The molecular weight excluding hydrogens is 216 g/mol. The van der Waals surface area contributed by atoms with Gasteiger partial charge in [0.2, 0.25) is 0 Å². The molecule has 1 atom stereocenters. The molecule has 0 aliphatic rings. The second kappa shape index (κ2) is 8.66. The van der Waals surface area contributed by atoms with Gasteiger partial charge in [0.15, 0.2) is 0 Å². The average molecular weight is 238 g/mol. The number of rotatable bonds is 7. The summed E-state index contributed by atoms with van der Waals surface area (Å²) in [6.07, 6.45) is 5.30. The molecule has 4 nitrogen and oxygen atoms in total. The van der Waals surface area contributed by atoms with Crippen LogP contribution in [0.1, 0.15) is 20.8 Å². The summed E-state index contributed by atoms with van der Waals surface area (Å²) < 4.78 is 5.24. The first kappa shape index (κ1) is 15.5. The van der Waals surface area contributed by atoms with Crippen molar-refractivity contribution in [3.05, 3.63) is 12.2 Å². The van der Waals surface area contributed by atoms with Crippen LogP contribution in [0.2, 0.25) is 0 Å². The Morgan fingerprint density at radius 1 is 1.53 bits per heavy atom. The molecular formula is C13H22N2O2. The third-order valence-corrected chi connectivity index (χ3v) is 2.01. The molecule has 0 rings (SSSR count). The second-order valence-corrected chi connectivity index (χ2v) is 4.30. The smallest absolute Gasteiger partial charge is 0.315 e. The lowest BCUT2D eigenvalue weighted by Gasteiger charge is -2.17. The van der Waals surface area contributed by atoms with Crippen LogP contribution < -0.4 is 10.6 Å². The quantitative estimate of drug-likeness (QED) is 0.401. The van der Waals surface area contributed by atoms with Crippen LogP contribution in [-0.2, 0) is 4.74 Å². The molecule has 0 aromatic rings. The first-order valence-electron chi connectivity index (χ1n) is 5.70.